The van der Waals surface area contributed by atoms with Crippen molar-refractivity contribution in [1.82, 2.24) is 10.6 Å². The second-order valence-corrected chi connectivity index (χ2v) is 5.92. The number of halogens is 1. The summed E-state index contributed by atoms with van der Waals surface area (Å²) in [6.07, 6.45) is 0.556. The Morgan fingerprint density at radius 3 is 2.89 bits per heavy atom. The molecule has 0 saturated carbocycles. The highest BCUT2D eigenvalue weighted by atomic mass is 35.5. The molecule has 1 aromatic rings. The van der Waals surface area contributed by atoms with Crippen LogP contribution in [0.1, 0.15) is 12.0 Å². The number of hydrogen-bond acceptors (Lipinski definition) is 3. The Kier molecular flexibility index (Phi) is 5.35. The van der Waals surface area contributed by atoms with Gasteiger partial charge in [0.05, 0.1) is 0 Å². The summed E-state index contributed by atoms with van der Waals surface area (Å²) in [5.74, 6) is 2.27. The maximum atomic E-state index is 11.8. The number of benzene rings is 1. The van der Waals surface area contributed by atoms with Gasteiger partial charge in [-0.1, -0.05) is 23.7 Å². The Balaban J connectivity index is 1.72. The van der Waals surface area contributed by atoms with E-state index in [0.29, 0.717) is 24.0 Å². The van der Waals surface area contributed by atoms with E-state index in [2.05, 4.69) is 10.6 Å². The SMILES string of the molecule is O=C(CC1CSCCN1)NCc1ccc(Cl)cc1. The van der Waals surface area contributed by atoms with E-state index in [1.807, 2.05) is 36.0 Å². The van der Waals surface area contributed by atoms with Crippen molar-refractivity contribution in [3.63, 3.8) is 0 Å². The summed E-state index contributed by atoms with van der Waals surface area (Å²) in [6.45, 7) is 1.57. The van der Waals surface area contributed by atoms with Crippen molar-refractivity contribution in [2.24, 2.45) is 0 Å². The van der Waals surface area contributed by atoms with E-state index in [-0.39, 0.29) is 5.91 Å². The van der Waals surface area contributed by atoms with Crippen LogP contribution < -0.4 is 10.6 Å². The van der Waals surface area contributed by atoms with Crippen LogP contribution in [0, 0.1) is 0 Å². The Morgan fingerprint density at radius 2 is 2.22 bits per heavy atom. The molecule has 3 nitrogen and oxygen atoms in total. The summed E-state index contributed by atoms with van der Waals surface area (Å²) in [7, 11) is 0. The lowest BCUT2D eigenvalue weighted by atomic mass is 10.2. The summed E-state index contributed by atoms with van der Waals surface area (Å²) in [4.78, 5) is 11.8. The monoisotopic (exact) mass is 284 g/mol. The van der Waals surface area contributed by atoms with Crippen LogP contribution in [-0.2, 0) is 11.3 Å². The van der Waals surface area contributed by atoms with Crippen molar-refractivity contribution in [3.8, 4) is 0 Å². The van der Waals surface area contributed by atoms with Crippen molar-refractivity contribution in [3.05, 3.63) is 34.9 Å². The van der Waals surface area contributed by atoms with Gasteiger partial charge in [-0.25, -0.2) is 0 Å². The summed E-state index contributed by atoms with van der Waals surface area (Å²) in [5, 5.41) is 7.01. The zero-order chi connectivity index (χ0) is 12.8. The number of nitrogens with one attached hydrogen (secondary N) is 2. The fourth-order valence-electron chi connectivity index (χ4n) is 1.85. The highest BCUT2D eigenvalue weighted by Crippen LogP contribution is 2.11. The van der Waals surface area contributed by atoms with Crippen molar-refractivity contribution < 1.29 is 4.79 Å². The number of amides is 1. The van der Waals surface area contributed by atoms with Gasteiger partial charge in [-0.15, -0.1) is 0 Å². The van der Waals surface area contributed by atoms with Crippen LogP contribution in [-0.4, -0.2) is 30.0 Å². The van der Waals surface area contributed by atoms with Gasteiger partial charge >= 0.3 is 0 Å². The van der Waals surface area contributed by atoms with E-state index in [4.69, 9.17) is 11.6 Å². The molecule has 0 radical (unpaired) electrons. The maximum Gasteiger partial charge on any atom is 0.221 e. The molecular weight excluding hydrogens is 268 g/mol. The van der Waals surface area contributed by atoms with E-state index in [0.717, 1.165) is 23.6 Å². The summed E-state index contributed by atoms with van der Waals surface area (Å²) in [6, 6.07) is 7.84. The lowest BCUT2D eigenvalue weighted by Gasteiger charge is -2.22. The van der Waals surface area contributed by atoms with Gasteiger partial charge in [0.25, 0.3) is 0 Å². The summed E-state index contributed by atoms with van der Waals surface area (Å²) >= 11 is 7.71. The van der Waals surface area contributed by atoms with E-state index in [1.54, 1.807) is 0 Å². The highest BCUT2D eigenvalue weighted by molar-refractivity contribution is 7.99. The van der Waals surface area contributed by atoms with E-state index < -0.39 is 0 Å². The van der Waals surface area contributed by atoms with Crippen LogP contribution in [0.15, 0.2) is 24.3 Å². The quantitative estimate of drug-likeness (QED) is 0.889. The van der Waals surface area contributed by atoms with Gasteiger partial charge in [0, 0.05) is 42.1 Å². The normalized spacial score (nSPS) is 19.5. The van der Waals surface area contributed by atoms with Crippen molar-refractivity contribution in [1.29, 1.82) is 0 Å². The number of carbonyl (C=O) groups is 1. The molecule has 0 aliphatic carbocycles. The highest BCUT2D eigenvalue weighted by Gasteiger charge is 2.16. The number of carbonyl (C=O) groups excluding carboxylic acids is 1. The van der Waals surface area contributed by atoms with Crippen molar-refractivity contribution in [2.75, 3.05) is 18.1 Å². The zero-order valence-electron chi connectivity index (χ0n) is 10.1. The largest absolute Gasteiger partial charge is 0.352 e. The van der Waals surface area contributed by atoms with Gasteiger partial charge in [0.15, 0.2) is 0 Å². The van der Waals surface area contributed by atoms with Gasteiger partial charge in [-0.3, -0.25) is 4.79 Å². The topological polar surface area (TPSA) is 41.1 Å². The molecule has 1 fully saturated rings. The Labute approximate surface area is 117 Å². The van der Waals surface area contributed by atoms with E-state index in [9.17, 15) is 4.79 Å². The molecule has 1 aromatic carbocycles. The maximum absolute atomic E-state index is 11.8. The summed E-state index contributed by atoms with van der Waals surface area (Å²) < 4.78 is 0. The molecule has 98 valence electrons. The molecule has 1 heterocycles. The van der Waals surface area contributed by atoms with Gasteiger partial charge in [-0.05, 0) is 17.7 Å². The van der Waals surface area contributed by atoms with Crippen LogP contribution in [0.3, 0.4) is 0 Å². The third-order valence-electron chi connectivity index (χ3n) is 2.83. The standard InChI is InChI=1S/C13H17ClN2OS/c14-11-3-1-10(2-4-11)8-16-13(17)7-12-9-18-6-5-15-12/h1-4,12,15H,5-9H2,(H,16,17). The molecular formula is C13H17ClN2OS. The minimum atomic E-state index is 0.102. The molecule has 1 unspecified atom stereocenters. The molecule has 0 aromatic heterocycles. The first-order valence-corrected chi connectivity index (χ1v) is 7.59. The van der Waals surface area contributed by atoms with Gasteiger partial charge < -0.3 is 10.6 Å². The van der Waals surface area contributed by atoms with Gasteiger partial charge in [0.1, 0.15) is 0 Å². The van der Waals surface area contributed by atoms with Crippen LogP contribution in [0.5, 0.6) is 0 Å². The van der Waals surface area contributed by atoms with E-state index in [1.165, 1.54) is 0 Å². The number of hydrogen-bond donors (Lipinski definition) is 2. The predicted octanol–water partition coefficient (Wildman–Crippen LogP) is 2.05. The first kappa shape index (κ1) is 13.7. The van der Waals surface area contributed by atoms with Gasteiger partial charge in [-0.2, -0.15) is 11.8 Å². The van der Waals surface area contributed by atoms with Crippen molar-refractivity contribution in [2.45, 2.75) is 19.0 Å². The smallest absolute Gasteiger partial charge is 0.221 e. The predicted molar refractivity (Wildman–Crippen MR) is 77.0 cm³/mol. The van der Waals surface area contributed by atoms with Crippen LogP contribution in [0.4, 0.5) is 0 Å². The molecule has 0 spiro atoms. The second kappa shape index (κ2) is 7.02. The molecule has 5 heteroatoms. The van der Waals surface area contributed by atoms with Crippen LogP contribution in [0.25, 0.3) is 0 Å². The Bertz CT molecular complexity index is 390. The Morgan fingerprint density at radius 1 is 1.44 bits per heavy atom. The second-order valence-electron chi connectivity index (χ2n) is 4.33. The average Bonchev–Trinajstić information content (AvgIpc) is 2.39. The number of rotatable bonds is 4. The lowest BCUT2D eigenvalue weighted by molar-refractivity contribution is -0.121. The number of thioether (sulfide) groups is 1. The minimum absolute atomic E-state index is 0.102. The third-order valence-corrected chi connectivity index (χ3v) is 4.22. The third kappa shape index (κ3) is 4.52. The van der Waals surface area contributed by atoms with E-state index >= 15 is 0 Å². The summed E-state index contributed by atoms with van der Waals surface area (Å²) in [5.41, 5.74) is 1.07. The van der Waals surface area contributed by atoms with Crippen LogP contribution >= 0.6 is 23.4 Å². The molecule has 0 bridgehead atoms. The molecule has 1 saturated heterocycles. The van der Waals surface area contributed by atoms with Gasteiger partial charge in [0.2, 0.25) is 5.91 Å². The zero-order valence-corrected chi connectivity index (χ0v) is 11.7. The first-order valence-electron chi connectivity index (χ1n) is 6.06. The molecule has 1 amide bonds. The molecule has 1 aliphatic heterocycles. The molecule has 1 aliphatic rings. The molecule has 2 rings (SSSR count). The molecule has 1 atom stereocenters. The fourth-order valence-corrected chi connectivity index (χ4v) is 2.92. The molecule has 2 N–H and O–H groups in total. The lowest BCUT2D eigenvalue weighted by Crippen LogP contribution is -2.41. The Hall–Kier alpha value is -0.710. The fraction of sp³-hybridized carbons (Fsp3) is 0.462. The first-order chi connectivity index (χ1) is 8.74. The minimum Gasteiger partial charge on any atom is -0.352 e. The molecule has 18 heavy (non-hydrogen) atoms. The average molecular weight is 285 g/mol. The van der Waals surface area contributed by atoms with Crippen LogP contribution in [0.2, 0.25) is 5.02 Å². The van der Waals surface area contributed by atoms with Crippen molar-refractivity contribution >= 4 is 29.3 Å².